The molecular formula is C35H41N3O3. The molecule has 1 saturated heterocycles. The molecule has 6 nitrogen and oxygen atoms in total. The lowest BCUT2D eigenvalue weighted by Crippen LogP contribution is -2.55. The van der Waals surface area contributed by atoms with Crippen LogP contribution in [0.3, 0.4) is 0 Å². The van der Waals surface area contributed by atoms with Crippen molar-refractivity contribution in [2.75, 3.05) is 33.9 Å². The Kier molecular flexibility index (Phi) is 14.5. The standard InChI is InChI=1S/C29H25N3O.C2H6O.C2H4O.C2H6/c1-2-25-21-31(29(33)27-20-30-19-24-15-9-10-16-26(24)27)17-18-32(25)28(22-11-5-3-6-12-22)23-13-7-4-8-14-23;1-3-2;1-2-3;1-2/h1,3-16,19-20,25,28H,17-18,21H2;1-2H3;2H,1H3;1-2H3. The van der Waals surface area contributed by atoms with Crippen molar-refractivity contribution in [2.24, 2.45) is 0 Å². The summed E-state index contributed by atoms with van der Waals surface area (Å²) in [5.41, 5.74) is 3.02. The third-order valence-electron chi connectivity index (χ3n) is 6.36. The van der Waals surface area contributed by atoms with E-state index in [2.05, 4.69) is 69.1 Å². The molecule has 5 rings (SSSR count). The lowest BCUT2D eigenvalue weighted by molar-refractivity contribution is -0.106. The fraction of sp³-hybridized carbons (Fsp3) is 0.286. The number of aromatic nitrogens is 1. The first-order chi connectivity index (χ1) is 20.1. The number of hydrogen-bond donors (Lipinski definition) is 0. The van der Waals surface area contributed by atoms with Crippen LogP contribution in [0.4, 0.5) is 0 Å². The minimum Gasteiger partial charge on any atom is -0.388 e. The largest absolute Gasteiger partial charge is 0.388 e. The number of carbonyl (C=O) groups excluding carboxylic acids is 2. The van der Waals surface area contributed by atoms with Gasteiger partial charge in [-0.3, -0.25) is 14.7 Å². The number of terminal acetylenes is 1. The van der Waals surface area contributed by atoms with Gasteiger partial charge in [0.15, 0.2) is 0 Å². The van der Waals surface area contributed by atoms with E-state index >= 15 is 0 Å². The molecule has 1 aliphatic heterocycles. The van der Waals surface area contributed by atoms with Gasteiger partial charge in [-0.2, -0.15) is 0 Å². The van der Waals surface area contributed by atoms with Crippen molar-refractivity contribution in [3.05, 3.63) is 114 Å². The number of ether oxygens (including phenoxy) is 1. The number of nitrogens with zero attached hydrogens (tertiary/aromatic N) is 3. The molecule has 0 saturated carbocycles. The van der Waals surface area contributed by atoms with Gasteiger partial charge in [-0.25, -0.2) is 0 Å². The molecule has 1 amide bonds. The third kappa shape index (κ3) is 8.84. The van der Waals surface area contributed by atoms with Crippen LogP contribution in [0.1, 0.15) is 48.3 Å². The number of methoxy groups -OCH3 is 1. The van der Waals surface area contributed by atoms with Crippen molar-refractivity contribution < 1.29 is 14.3 Å². The van der Waals surface area contributed by atoms with Gasteiger partial charge in [-0.1, -0.05) is 105 Å². The molecule has 1 unspecified atom stereocenters. The second kappa shape index (κ2) is 18.1. The molecule has 1 atom stereocenters. The van der Waals surface area contributed by atoms with Gasteiger partial charge < -0.3 is 14.4 Å². The lowest BCUT2D eigenvalue weighted by Gasteiger charge is -2.43. The van der Waals surface area contributed by atoms with E-state index in [1.54, 1.807) is 26.6 Å². The highest BCUT2D eigenvalue weighted by Crippen LogP contribution is 2.32. The number of piperazine rings is 1. The minimum absolute atomic E-state index is 0.0184. The zero-order chi connectivity index (χ0) is 30.0. The number of amides is 1. The minimum atomic E-state index is -0.198. The molecule has 0 aliphatic carbocycles. The Labute approximate surface area is 245 Å². The van der Waals surface area contributed by atoms with E-state index in [0.717, 1.165) is 17.1 Å². The Hall–Kier alpha value is -4.31. The maximum atomic E-state index is 13.5. The van der Waals surface area contributed by atoms with Crippen molar-refractivity contribution in [3.63, 3.8) is 0 Å². The third-order valence-corrected chi connectivity index (χ3v) is 6.36. The van der Waals surface area contributed by atoms with Gasteiger partial charge in [0.05, 0.1) is 17.6 Å². The van der Waals surface area contributed by atoms with E-state index in [4.69, 9.17) is 11.2 Å². The summed E-state index contributed by atoms with van der Waals surface area (Å²) in [5.74, 6) is 2.95. The Morgan fingerprint density at radius 3 is 1.98 bits per heavy atom. The van der Waals surface area contributed by atoms with Crippen LogP contribution in [-0.4, -0.2) is 66.9 Å². The molecule has 1 aliphatic rings. The number of fused-ring (bicyclic) bond motifs is 1. The number of carbonyl (C=O) groups is 2. The van der Waals surface area contributed by atoms with Crippen LogP contribution >= 0.6 is 0 Å². The molecule has 214 valence electrons. The average Bonchev–Trinajstić information content (AvgIpc) is 3.03. The van der Waals surface area contributed by atoms with Crippen molar-refractivity contribution in [1.29, 1.82) is 0 Å². The highest BCUT2D eigenvalue weighted by molar-refractivity contribution is 6.06. The fourth-order valence-electron chi connectivity index (χ4n) is 4.74. The maximum absolute atomic E-state index is 13.5. The van der Waals surface area contributed by atoms with Crippen molar-refractivity contribution in [2.45, 2.75) is 32.9 Å². The van der Waals surface area contributed by atoms with Gasteiger partial charge in [-0.05, 0) is 23.4 Å². The molecule has 1 fully saturated rings. The summed E-state index contributed by atoms with van der Waals surface area (Å²) in [5, 5.41) is 1.88. The van der Waals surface area contributed by atoms with Gasteiger partial charge in [0.1, 0.15) is 6.29 Å². The Balaban J connectivity index is 0.000000666. The van der Waals surface area contributed by atoms with Gasteiger partial charge in [-0.15, -0.1) is 6.42 Å². The molecule has 4 aromatic rings. The molecule has 0 bridgehead atoms. The Morgan fingerprint density at radius 2 is 1.44 bits per heavy atom. The summed E-state index contributed by atoms with van der Waals surface area (Å²) in [7, 11) is 3.25. The number of hydrogen-bond acceptors (Lipinski definition) is 5. The van der Waals surface area contributed by atoms with Crippen molar-refractivity contribution >= 4 is 23.0 Å². The molecule has 6 heteroatoms. The zero-order valence-electron chi connectivity index (χ0n) is 24.7. The van der Waals surface area contributed by atoms with E-state index < -0.39 is 0 Å². The number of aldehydes is 1. The SMILES string of the molecule is C#CC1CN(C(=O)c2cncc3ccccc23)CCN1C(c1ccccc1)c1ccccc1.CC.CC=O.COC. The quantitative estimate of drug-likeness (QED) is 0.221. The molecule has 0 spiro atoms. The highest BCUT2D eigenvalue weighted by atomic mass is 16.4. The van der Waals surface area contributed by atoms with Gasteiger partial charge >= 0.3 is 0 Å². The summed E-state index contributed by atoms with van der Waals surface area (Å²) >= 11 is 0. The van der Waals surface area contributed by atoms with Gasteiger partial charge in [0, 0.05) is 51.6 Å². The van der Waals surface area contributed by atoms with Crippen molar-refractivity contribution in [3.8, 4) is 12.3 Å². The van der Waals surface area contributed by atoms with E-state index in [1.165, 1.54) is 18.1 Å². The summed E-state index contributed by atoms with van der Waals surface area (Å²) in [6.07, 6.45) is 10.2. The smallest absolute Gasteiger partial charge is 0.256 e. The monoisotopic (exact) mass is 551 g/mol. The zero-order valence-corrected chi connectivity index (χ0v) is 24.7. The molecule has 1 aromatic heterocycles. The van der Waals surface area contributed by atoms with Gasteiger partial charge in [0.2, 0.25) is 0 Å². The second-order valence-corrected chi connectivity index (χ2v) is 8.95. The number of pyridine rings is 1. The molecule has 0 N–H and O–H groups in total. The first kappa shape index (κ1) is 32.9. The van der Waals surface area contributed by atoms with Crippen LogP contribution < -0.4 is 0 Å². The normalized spacial score (nSPS) is 14.3. The Morgan fingerprint density at radius 1 is 0.927 bits per heavy atom. The summed E-state index contributed by atoms with van der Waals surface area (Å²) in [6.45, 7) is 7.22. The van der Waals surface area contributed by atoms with Crippen LogP contribution in [0.15, 0.2) is 97.3 Å². The maximum Gasteiger partial charge on any atom is 0.256 e. The van der Waals surface area contributed by atoms with Crippen LogP contribution in [0.25, 0.3) is 10.8 Å². The number of rotatable bonds is 4. The Bertz CT molecular complexity index is 1330. The predicted octanol–water partition coefficient (Wildman–Crippen LogP) is 6.28. The summed E-state index contributed by atoms with van der Waals surface area (Å²) < 4.78 is 4.25. The predicted molar refractivity (Wildman–Crippen MR) is 168 cm³/mol. The summed E-state index contributed by atoms with van der Waals surface area (Å²) in [6, 6.07) is 28.6. The second-order valence-electron chi connectivity index (χ2n) is 8.95. The lowest BCUT2D eigenvalue weighted by atomic mass is 9.94. The van der Waals surface area contributed by atoms with Crippen LogP contribution in [0.2, 0.25) is 0 Å². The van der Waals surface area contributed by atoms with E-state index in [9.17, 15) is 4.79 Å². The first-order valence-electron chi connectivity index (χ1n) is 13.8. The molecule has 0 radical (unpaired) electrons. The van der Waals surface area contributed by atoms with E-state index in [1.807, 2.05) is 55.1 Å². The molecule has 2 heterocycles. The highest BCUT2D eigenvalue weighted by Gasteiger charge is 2.35. The number of benzene rings is 3. The van der Waals surface area contributed by atoms with Crippen LogP contribution in [-0.2, 0) is 9.53 Å². The van der Waals surface area contributed by atoms with E-state index in [0.29, 0.717) is 25.2 Å². The summed E-state index contributed by atoms with van der Waals surface area (Å²) in [4.78, 5) is 30.8. The molecule has 3 aromatic carbocycles. The molecular weight excluding hydrogens is 510 g/mol. The van der Waals surface area contributed by atoms with Crippen LogP contribution in [0, 0.1) is 12.3 Å². The van der Waals surface area contributed by atoms with Crippen LogP contribution in [0.5, 0.6) is 0 Å². The average molecular weight is 552 g/mol. The fourth-order valence-corrected chi connectivity index (χ4v) is 4.74. The molecule has 41 heavy (non-hydrogen) atoms. The van der Waals surface area contributed by atoms with E-state index in [-0.39, 0.29) is 18.0 Å². The first-order valence-corrected chi connectivity index (χ1v) is 13.8. The van der Waals surface area contributed by atoms with Gasteiger partial charge in [0.25, 0.3) is 5.91 Å². The topological polar surface area (TPSA) is 62.7 Å². The van der Waals surface area contributed by atoms with Crippen molar-refractivity contribution in [1.82, 2.24) is 14.8 Å².